The summed E-state index contributed by atoms with van der Waals surface area (Å²) >= 11 is 0. The predicted molar refractivity (Wildman–Crippen MR) is 80.1 cm³/mol. The van der Waals surface area contributed by atoms with Crippen LogP contribution in [-0.4, -0.2) is 23.1 Å². The quantitative estimate of drug-likeness (QED) is 0.667. The highest BCUT2D eigenvalue weighted by Gasteiger charge is 2.44. The lowest BCUT2D eigenvalue weighted by atomic mass is 9.61. The van der Waals surface area contributed by atoms with Gasteiger partial charge in [-0.25, -0.2) is 0 Å². The molecule has 0 radical (unpaired) electrons. The summed E-state index contributed by atoms with van der Waals surface area (Å²) in [5, 5.41) is 11.3. The lowest BCUT2D eigenvalue weighted by Gasteiger charge is -2.46. The maximum absolute atomic E-state index is 4.62. The van der Waals surface area contributed by atoms with Crippen LogP contribution in [0.5, 0.6) is 0 Å². The minimum atomic E-state index is 0.343. The van der Waals surface area contributed by atoms with Crippen LogP contribution in [0.15, 0.2) is 10.3 Å². The summed E-state index contributed by atoms with van der Waals surface area (Å²) < 4.78 is 0. The number of fused-ring (bicyclic) bond motifs is 1. The Morgan fingerprint density at radius 3 is 2.47 bits per heavy atom. The van der Waals surface area contributed by atoms with E-state index < -0.39 is 0 Å². The van der Waals surface area contributed by atoms with Gasteiger partial charge in [-0.15, -0.1) is 0 Å². The van der Waals surface area contributed by atoms with Crippen molar-refractivity contribution in [3.8, 4) is 0 Å². The lowest BCUT2D eigenvalue weighted by Crippen LogP contribution is -2.44. The fourth-order valence-corrected chi connectivity index (χ4v) is 3.55. The van der Waals surface area contributed by atoms with Gasteiger partial charge in [-0.3, -0.25) is 5.01 Å². The molecule has 3 nitrogen and oxygen atoms in total. The van der Waals surface area contributed by atoms with Crippen LogP contribution in [0.3, 0.4) is 0 Å². The first-order chi connectivity index (χ1) is 8.74. The Morgan fingerprint density at radius 2 is 1.89 bits per heavy atom. The summed E-state index contributed by atoms with van der Waals surface area (Å²) in [6.45, 7) is 14.1. The summed E-state index contributed by atoms with van der Waals surface area (Å²) in [7, 11) is 0. The van der Waals surface area contributed by atoms with Gasteiger partial charge in [0.2, 0.25) is 0 Å². The number of rotatable bonds is 1. The van der Waals surface area contributed by atoms with Crippen LogP contribution >= 0.6 is 0 Å². The second kappa shape index (κ2) is 5.06. The number of hydrogen-bond acceptors (Lipinski definition) is 3. The minimum absolute atomic E-state index is 0.343. The summed E-state index contributed by atoms with van der Waals surface area (Å²) in [5.41, 5.74) is 0.720. The Labute approximate surface area is 118 Å². The molecule has 0 spiro atoms. The van der Waals surface area contributed by atoms with Gasteiger partial charge in [-0.2, -0.15) is 5.11 Å². The Balaban J connectivity index is 2.19. The van der Waals surface area contributed by atoms with Crippen LogP contribution in [0.4, 0.5) is 0 Å². The monoisotopic (exact) mass is 265 g/mol. The summed E-state index contributed by atoms with van der Waals surface area (Å²) in [6, 6.07) is 1.42. The molecule has 0 amide bonds. The van der Waals surface area contributed by atoms with Crippen molar-refractivity contribution in [3.63, 3.8) is 0 Å². The largest absolute Gasteiger partial charge is 0.271 e. The van der Waals surface area contributed by atoms with Crippen molar-refractivity contribution >= 4 is 0 Å². The molecular weight excluding hydrogens is 234 g/mol. The standard InChI is InChI=1S/C16H31N3/c1-12(2)19-14-9-7-8-10-16(6,15(3,4)5)11-13(14)17-18-19/h12-14H,7-11H2,1-6H3. The van der Waals surface area contributed by atoms with Gasteiger partial charge in [-0.05, 0) is 43.9 Å². The molecule has 1 saturated carbocycles. The molecule has 110 valence electrons. The van der Waals surface area contributed by atoms with E-state index in [2.05, 4.69) is 56.9 Å². The molecule has 0 saturated heterocycles. The van der Waals surface area contributed by atoms with E-state index in [9.17, 15) is 0 Å². The highest BCUT2D eigenvalue weighted by Crippen LogP contribution is 2.49. The molecule has 1 heterocycles. The molecule has 3 unspecified atom stereocenters. The molecule has 1 aliphatic carbocycles. The van der Waals surface area contributed by atoms with Crippen LogP contribution in [0.25, 0.3) is 0 Å². The zero-order valence-electron chi connectivity index (χ0n) is 13.6. The van der Waals surface area contributed by atoms with Gasteiger partial charge in [0.15, 0.2) is 0 Å². The molecule has 2 rings (SSSR count). The van der Waals surface area contributed by atoms with Crippen LogP contribution in [0, 0.1) is 10.8 Å². The Morgan fingerprint density at radius 1 is 1.21 bits per heavy atom. The molecule has 3 heteroatoms. The number of nitrogens with zero attached hydrogens (tertiary/aromatic N) is 3. The third kappa shape index (κ3) is 2.80. The van der Waals surface area contributed by atoms with E-state index in [1.54, 1.807) is 0 Å². The molecule has 0 aromatic carbocycles. The molecule has 0 aromatic rings. The first-order valence-corrected chi connectivity index (χ1v) is 7.94. The molecule has 3 atom stereocenters. The van der Waals surface area contributed by atoms with Crippen LogP contribution in [-0.2, 0) is 0 Å². The Bertz CT molecular complexity index is 342. The molecule has 1 aliphatic heterocycles. The van der Waals surface area contributed by atoms with Gasteiger partial charge >= 0.3 is 0 Å². The van der Waals surface area contributed by atoms with Crippen LogP contribution in [0.1, 0.15) is 73.6 Å². The van der Waals surface area contributed by atoms with Crippen molar-refractivity contribution in [2.45, 2.75) is 91.8 Å². The Hall–Kier alpha value is -0.600. The smallest absolute Gasteiger partial charge is 0.0955 e. The van der Waals surface area contributed by atoms with Gasteiger partial charge in [0.05, 0.1) is 12.1 Å². The topological polar surface area (TPSA) is 28.0 Å². The molecule has 0 aromatic heterocycles. The molecule has 2 aliphatic rings. The Kier molecular flexibility index (Phi) is 3.95. The van der Waals surface area contributed by atoms with E-state index in [0.29, 0.717) is 29.0 Å². The minimum Gasteiger partial charge on any atom is -0.271 e. The molecular formula is C16H31N3. The second-order valence-corrected chi connectivity index (χ2v) is 8.07. The predicted octanol–water partition coefficient (Wildman–Crippen LogP) is 4.83. The summed E-state index contributed by atoms with van der Waals surface area (Å²) in [4.78, 5) is 0. The van der Waals surface area contributed by atoms with Crippen molar-refractivity contribution in [1.82, 2.24) is 5.01 Å². The van der Waals surface area contributed by atoms with Gasteiger partial charge in [0.25, 0.3) is 0 Å². The summed E-state index contributed by atoms with van der Waals surface area (Å²) in [5.74, 6) is 0. The van der Waals surface area contributed by atoms with E-state index in [0.717, 1.165) is 0 Å². The zero-order chi connectivity index (χ0) is 14.3. The van der Waals surface area contributed by atoms with E-state index in [1.165, 1.54) is 32.1 Å². The molecule has 19 heavy (non-hydrogen) atoms. The van der Waals surface area contributed by atoms with E-state index >= 15 is 0 Å². The third-order valence-electron chi connectivity index (χ3n) is 5.57. The van der Waals surface area contributed by atoms with Crippen molar-refractivity contribution < 1.29 is 0 Å². The maximum Gasteiger partial charge on any atom is 0.0955 e. The van der Waals surface area contributed by atoms with Crippen molar-refractivity contribution in [1.29, 1.82) is 0 Å². The highest BCUT2D eigenvalue weighted by atomic mass is 15.6. The lowest BCUT2D eigenvalue weighted by molar-refractivity contribution is 0.0481. The van der Waals surface area contributed by atoms with Crippen LogP contribution < -0.4 is 0 Å². The number of hydrogen-bond donors (Lipinski definition) is 0. The molecule has 1 fully saturated rings. The third-order valence-corrected chi connectivity index (χ3v) is 5.57. The summed E-state index contributed by atoms with van der Waals surface area (Å²) in [6.07, 6.45) is 6.45. The molecule has 0 bridgehead atoms. The zero-order valence-corrected chi connectivity index (χ0v) is 13.6. The van der Waals surface area contributed by atoms with Crippen molar-refractivity contribution in [3.05, 3.63) is 0 Å². The second-order valence-electron chi connectivity index (χ2n) is 8.07. The van der Waals surface area contributed by atoms with Gasteiger partial charge in [-0.1, -0.05) is 45.8 Å². The van der Waals surface area contributed by atoms with Gasteiger partial charge < -0.3 is 0 Å². The van der Waals surface area contributed by atoms with E-state index in [4.69, 9.17) is 0 Å². The first-order valence-electron chi connectivity index (χ1n) is 7.94. The van der Waals surface area contributed by atoms with Crippen molar-refractivity contribution in [2.75, 3.05) is 0 Å². The highest BCUT2D eigenvalue weighted by molar-refractivity contribution is 4.97. The van der Waals surface area contributed by atoms with Gasteiger partial charge in [0.1, 0.15) is 0 Å². The normalized spacial score (nSPS) is 36.3. The fraction of sp³-hybridized carbons (Fsp3) is 1.00. The molecule has 0 N–H and O–H groups in total. The SMILES string of the molecule is CC(C)N1N=NC2CC(C)(C(C)(C)C)CCCCC21. The van der Waals surface area contributed by atoms with Crippen molar-refractivity contribution in [2.24, 2.45) is 21.2 Å². The van der Waals surface area contributed by atoms with E-state index in [1.807, 2.05) is 0 Å². The average molecular weight is 265 g/mol. The maximum atomic E-state index is 4.62. The van der Waals surface area contributed by atoms with Crippen LogP contribution in [0.2, 0.25) is 0 Å². The van der Waals surface area contributed by atoms with Gasteiger partial charge in [0, 0.05) is 6.04 Å². The average Bonchev–Trinajstić information content (AvgIpc) is 2.62. The first kappa shape index (κ1) is 14.8. The van der Waals surface area contributed by atoms with E-state index in [-0.39, 0.29) is 0 Å². The fourth-order valence-electron chi connectivity index (χ4n) is 3.55.